The Morgan fingerprint density at radius 2 is 2.42 bits per heavy atom. The molecule has 0 amide bonds. The highest BCUT2D eigenvalue weighted by Crippen LogP contribution is 2.20. The summed E-state index contributed by atoms with van der Waals surface area (Å²) in [6, 6.07) is -0.186. The zero-order valence-corrected chi connectivity index (χ0v) is 7.75. The maximum Gasteiger partial charge on any atom is 0.324 e. The average Bonchev–Trinajstić information content (AvgIpc) is 2.17. The van der Waals surface area contributed by atoms with Crippen molar-refractivity contribution < 1.29 is 9.53 Å². The molecule has 0 aliphatic carbocycles. The molecule has 1 aliphatic rings. The molecular weight excluding hydrogens is 154 g/mol. The van der Waals surface area contributed by atoms with Crippen LogP contribution in [0.2, 0.25) is 0 Å². The van der Waals surface area contributed by atoms with Crippen molar-refractivity contribution in [3.63, 3.8) is 0 Å². The molecule has 1 heterocycles. The predicted molar refractivity (Wildman–Crippen MR) is 45.8 cm³/mol. The van der Waals surface area contributed by atoms with Gasteiger partial charge in [0.1, 0.15) is 6.04 Å². The summed E-state index contributed by atoms with van der Waals surface area (Å²) >= 11 is 0. The smallest absolute Gasteiger partial charge is 0.324 e. The number of hydrogen-bond donors (Lipinski definition) is 0. The van der Waals surface area contributed by atoms with Crippen molar-refractivity contribution in [3.05, 3.63) is 0 Å². The minimum absolute atomic E-state index is 0.173. The summed E-state index contributed by atoms with van der Waals surface area (Å²) in [5, 5.41) is 4.22. The van der Waals surface area contributed by atoms with Gasteiger partial charge >= 0.3 is 5.97 Å². The second-order valence-electron chi connectivity index (χ2n) is 3.24. The van der Waals surface area contributed by atoms with Gasteiger partial charge in [-0.2, -0.15) is 0 Å². The van der Waals surface area contributed by atoms with Crippen molar-refractivity contribution in [2.75, 3.05) is 13.7 Å². The first-order valence-electron chi connectivity index (χ1n) is 4.52. The van der Waals surface area contributed by atoms with Crippen LogP contribution >= 0.6 is 0 Å². The monoisotopic (exact) mass is 170 g/mol. The molecule has 3 nitrogen and oxygen atoms in total. The zero-order valence-electron chi connectivity index (χ0n) is 7.75. The highest BCUT2D eigenvalue weighted by atomic mass is 16.5. The highest BCUT2D eigenvalue weighted by Gasteiger charge is 2.27. The van der Waals surface area contributed by atoms with Gasteiger partial charge in [-0.25, -0.2) is 5.32 Å². The summed E-state index contributed by atoms with van der Waals surface area (Å²) in [5.41, 5.74) is 0. The fourth-order valence-corrected chi connectivity index (χ4v) is 1.60. The van der Waals surface area contributed by atoms with Gasteiger partial charge in [0.25, 0.3) is 0 Å². The van der Waals surface area contributed by atoms with Crippen molar-refractivity contribution in [1.29, 1.82) is 0 Å². The summed E-state index contributed by atoms with van der Waals surface area (Å²) in [5.74, 6) is 0.486. The number of ether oxygens (including phenoxy) is 1. The third-order valence-electron chi connectivity index (χ3n) is 2.49. The molecule has 0 N–H and O–H groups in total. The van der Waals surface area contributed by atoms with Gasteiger partial charge in [0.2, 0.25) is 0 Å². The predicted octanol–water partition coefficient (Wildman–Crippen LogP) is 0.952. The van der Waals surface area contributed by atoms with E-state index in [9.17, 15) is 4.79 Å². The van der Waals surface area contributed by atoms with Crippen LogP contribution in [0.15, 0.2) is 0 Å². The third-order valence-corrected chi connectivity index (χ3v) is 2.49. The Morgan fingerprint density at radius 3 is 3.00 bits per heavy atom. The van der Waals surface area contributed by atoms with E-state index in [1.807, 2.05) is 0 Å². The van der Waals surface area contributed by atoms with Crippen LogP contribution in [0, 0.1) is 5.92 Å². The molecule has 1 saturated heterocycles. The van der Waals surface area contributed by atoms with Gasteiger partial charge in [-0.3, -0.25) is 4.79 Å². The molecule has 0 aromatic heterocycles. The second-order valence-corrected chi connectivity index (χ2v) is 3.24. The van der Waals surface area contributed by atoms with Gasteiger partial charge < -0.3 is 4.74 Å². The molecule has 0 spiro atoms. The van der Waals surface area contributed by atoms with Gasteiger partial charge in [-0.05, 0) is 18.8 Å². The summed E-state index contributed by atoms with van der Waals surface area (Å²) < 4.78 is 4.65. The molecule has 12 heavy (non-hydrogen) atoms. The summed E-state index contributed by atoms with van der Waals surface area (Å²) in [4.78, 5) is 11.1. The van der Waals surface area contributed by atoms with Crippen molar-refractivity contribution >= 4 is 5.97 Å². The summed E-state index contributed by atoms with van der Waals surface area (Å²) in [6.45, 7) is 2.97. The van der Waals surface area contributed by atoms with Gasteiger partial charge in [-0.1, -0.05) is 13.3 Å². The van der Waals surface area contributed by atoms with Crippen molar-refractivity contribution in [1.82, 2.24) is 5.32 Å². The van der Waals surface area contributed by atoms with Crippen LogP contribution in [0.1, 0.15) is 26.2 Å². The molecule has 0 saturated carbocycles. The van der Waals surface area contributed by atoms with E-state index in [2.05, 4.69) is 17.0 Å². The first kappa shape index (κ1) is 9.52. The number of nitrogens with zero attached hydrogens (tertiary/aromatic N) is 1. The molecule has 1 aliphatic heterocycles. The molecule has 3 heteroatoms. The van der Waals surface area contributed by atoms with Gasteiger partial charge in [0.15, 0.2) is 0 Å². The van der Waals surface area contributed by atoms with Crippen LogP contribution in [0.3, 0.4) is 0 Å². The SMILES string of the molecule is CCC1CC[N]C(C(=O)OC)C1. The van der Waals surface area contributed by atoms with Crippen LogP contribution in [-0.4, -0.2) is 25.7 Å². The van der Waals surface area contributed by atoms with Crippen LogP contribution in [0.4, 0.5) is 0 Å². The number of esters is 1. The van der Waals surface area contributed by atoms with E-state index in [1.54, 1.807) is 0 Å². The normalized spacial score (nSPS) is 29.8. The zero-order chi connectivity index (χ0) is 8.97. The first-order valence-corrected chi connectivity index (χ1v) is 4.52. The Bertz CT molecular complexity index is 159. The number of piperidine rings is 1. The van der Waals surface area contributed by atoms with Crippen molar-refractivity contribution in [3.8, 4) is 0 Å². The Kier molecular flexibility index (Phi) is 3.53. The molecule has 0 aromatic carbocycles. The molecule has 2 atom stereocenters. The minimum atomic E-state index is -0.186. The highest BCUT2D eigenvalue weighted by molar-refractivity contribution is 5.75. The van der Waals surface area contributed by atoms with E-state index in [0.717, 1.165) is 25.8 Å². The fraction of sp³-hybridized carbons (Fsp3) is 0.889. The number of carbonyl (C=O) groups is 1. The largest absolute Gasteiger partial charge is 0.468 e. The molecule has 0 bridgehead atoms. The quantitative estimate of drug-likeness (QED) is 0.579. The lowest BCUT2D eigenvalue weighted by Gasteiger charge is -2.26. The summed E-state index contributed by atoms with van der Waals surface area (Å²) in [6.07, 6.45) is 3.15. The molecule has 1 rings (SSSR count). The third kappa shape index (κ3) is 2.21. The van der Waals surface area contributed by atoms with Crippen molar-refractivity contribution in [2.45, 2.75) is 32.2 Å². The van der Waals surface area contributed by atoms with Crippen LogP contribution in [-0.2, 0) is 9.53 Å². The maximum atomic E-state index is 11.1. The van der Waals surface area contributed by atoms with E-state index < -0.39 is 0 Å². The molecule has 1 fully saturated rings. The standard InChI is InChI=1S/C9H16NO2/c1-3-7-4-5-10-8(6-7)9(11)12-2/h7-8H,3-6H2,1-2H3. The van der Waals surface area contributed by atoms with Gasteiger partial charge in [-0.15, -0.1) is 0 Å². The van der Waals surface area contributed by atoms with E-state index in [0.29, 0.717) is 5.92 Å². The van der Waals surface area contributed by atoms with E-state index in [1.165, 1.54) is 7.11 Å². The fourth-order valence-electron chi connectivity index (χ4n) is 1.60. The molecule has 0 aromatic rings. The first-order chi connectivity index (χ1) is 5.77. The summed E-state index contributed by atoms with van der Waals surface area (Å²) in [7, 11) is 1.42. The maximum absolute atomic E-state index is 11.1. The lowest BCUT2D eigenvalue weighted by Crippen LogP contribution is -2.39. The number of carbonyl (C=O) groups excluding carboxylic acids is 1. The minimum Gasteiger partial charge on any atom is -0.468 e. The Balaban J connectivity index is 2.40. The Morgan fingerprint density at radius 1 is 1.67 bits per heavy atom. The molecule has 1 radical (unpaired) electrons. The molecular formula is C9H16NO2. The van der Waals surface area contributed by atoms with Crippen LogP contribution < -0.4 is 5.32 Å². The second kappa shape index (κ2) is 4.45. The Hall–Kier alpha value is -0.570. The van der Waals surface area contributed by atoms with Crippen LogP contribution in [0.25, 0.3) is 0 Å². The number of hydrogen-bond acceptors (Lipinski definition) is 2. The van der Waals surface area contributed by atoms with Gasteiger partial charge in [0, 0.05) is 6.54 Å². The van der Waals surface area contributed by atoms with Crippen LogP contribution in [0.5, 0.6) is 0 Å². The number of rotatable bonds is 2. The molecule has 2 unspecified atom stereocenters. The van der Waals surface area contributed by atoms with E-state index >= 15 is 0 Å². The average molecular weight is 170 g/mol. The Labute approximate surface area is 73.5 Å². The van der Waals surface area contributed by atoms with Crippen molar-refractivity contribution in [2.24, 2.45) is 5.92 Å². The lowest BCUT2D eigenvalue weighted by molar-refractivity contribution is -0.144. The van der Waals surface area contributed by atoms with E-state index in [4.69, 9.17) is 0 Å². The lowest BCUT2D eigenvalue weighted by atomic mass is 9.90. The van der Waals surface area contributed by atoms with Gasteiger partial charge in [0.05, 0.1) is 7.11 Å². The topological polar surface area (TPSA) is 40.4 Å². The molecule has 69 valence electrons. The number of methoxy groups -OCH3 is 1. The van der Waals surface area contributed by atoms with E-state index in [-0.39, 0.29) is 12.0 Å².